The number of aromatic amines is 1. The van der Waals surface area contributed by atoms with E-state index in [9.17, 15) is 13.2 Å². The van der Waals surface area contributed by atoms with Crippen molar-refractivity contribution >= 4 is 15.8 Å². The maximum atomic E-state index is 12.2. The fourth-order valence-corrected chi connectivity index (χ4v) is 3.60. The second-order valence-corrected chi connectivity index (χ2v) is 6.53. The van der Waals surface area contributed by atoms with Gasteiger partial charge in [-0.15, -0.1) is 0 Å². The Kier molecular flexibility index (Phi) is 3.54. The summed E-state index contributed by atoms with van der Waals surface area (Å²) in [5.41, 5.74) is 0. The smallest absolute Gasteiger partial charge is 0.260 e. The van der Waals surface area contributed by atoms with Crippen molar-refractivity contribution in [3.8, 4) is 0 Å². The maximum Gasteiger partial charge on any atom is 0.260 e. The molecule has 1 aromatic heterocycles. The van der Waals surface area contributed by atoms with Crippen LogP contribution in [0, 0.1) is 12.8 Å². The van der Waals surface area contributed by atoms with Crippen molar-refractivity contribution in [1.29, 1.82) is 0 Å². The van der Waals surface area contributed by atoms with Gasteiger partial charge in [-0.1, -0.05) is 0 Å². The number of nitrogens with one attached hydrogen (secondary N) is 1. The number of piperidine rings is 1. The lowest BCUT2D eigenvalue weighted by atomic mass is 9.95. The van der Waals surface area contributed by atoms with Gasteiger partial charge in [0.15, 0.2) is 5.03 Å². The van der Waals surface area contributed by atoms with Gasteiger partial charge in [0.25, 0.3) is 10.0 Å². The first-order chi connectivity index (χ1) is 8.41. The topological polar surface area (TPSA) is 83.1 Å². The minimum Gasteiger partial charge on any atom is -0.332 e. The van der Waals surface area contributed by atoms with E-state index in [1.807, 2.05) is 0 Å². The van der Waals surface area contributed by atoms with Gasteiger partial charge in [-0.2, -0.15) is 4.31 Å². The Balaban J connectivity index is 2.12. The molecule has 0 bridgehead atoms. The third-order valence-corrected chi connectivity index (χ3v) is 5.13. The van der Waals surface area contributed by atoms with Gasteiger partial charge in [-0.3, -0.25) is 4.79 Å². The average Bonchev–Trinajstić information content (AvgIpc) is 2.76. The van der Waals surface area contributed by atoms with E-state index < -0.39 is 10.0 Å². The number of rotatable bonds is 3. The van der Waals surface area contributed by atoms with E-state index >= 15 is 0 Å². The van der Waals surface area contributed by atoms with E-state index in [4.69, 9.17) is 0 Å². The van der Waals surface area contributed by atoms with Crippen LogP contribution >= 0.6 is 0 Å². The molecular weight excluding hydrogens is 254 g/mol. The highest BCUT2D eigenvalue weighted by Crippen LogP contribution is 2.23. The van der Waals surface area contributed by atoms with E-state index in [2.05, 4.69) is 9.97 Å². The molecule has 2 heterocycles. The second kappa shape index (κ2) is 4.81. The Hall–Kier alpha value is -1.21. The van der Waals surface area contributed by atoms with Crippen LogP contribution in [0.5, 0.6) is 0 Å². The molecule has 18 heavy (non-hydrogen) atoms. The predicted molar refractivity (Wildman–Crippen MR) is 65.5 cm³/mol. The van der Waals surface area contributed by atoms with Gasteiger partial charge < -0.3 is 4.98 Å². The van der Waals surface area contributed by atoms with Crippen LogP contribution in [-0.4, -0.2) is 41.6 Å². The molecule has 1 saturated heterocycles. The fraction of sp³-hybridized carbons (Fsp3) is 0.636. The Morgan fingerprint density at radius 2 is 2.06 bits per heavy atom. The van der Waals surface area contributed by atoms with Gasteiger partial charge in [0.1, 0.15) is 11.6 Å². The molecule has 2 rings (SSSR count). The number of hydrogen-bond acceptors (Lipinski definition) is 4. The number of hydrogen-bond donors (Lipinski definition) is 1. The molecule has 1 aromatic rings. The first-order valence-electron chi connectivity index (χ1n) is 5.93. The highest BCUT2D eigenvalue weighted by atomic mass is 32.2. The summed E-state index contributed by atoms with van der Waals surface area (Å²) >= 11 is 0. The number of imidazole rings is 1. The highest BCUT2D eigenvalue weighted by Gasteiger charge is 2.31. The molecule has 1 fully saturated rings. The van der Waals surface area contributed by atoms with E-state index in [1.165, 1.54) is 10.5 Å². The number of carbonyl (C=O) groups excluding carboxylic acids is 1. The summed E-state index contributed by atoms with van der Waals surface area (Å²) in [6.07, 6.45) is 2.53. The van der Waals surface area contributed by atoms with Crippen molar-refractivity contribution in [2.45, 2.75) is 31.7 Å². The molecular formula is C11H17N3O3S. The number of carbonyl (C=O) groups is 1. The quantitative estimate of drug-likeness (QED) is 0.877. The van der Waals surface area contributed by atoms with Crippen LogP contribution in [-0.2, 0) is 14.8 Å². The predicted octanol–water partition coefficient (Wildman–Crippen LogP) is 0.708. The Bertz CT molecular complexity index is 542. The van der Waals surface area contributed by atoms with Crippen LogP contribution in [0.3, 0.4) is 0 Å². The average molecular weight is 271 g/mol. The Morgan fingerprint density at radius 1 is 1.44 bits per heavy atom. The van der Waals surface area contributed by atoms with Crippen molar-refractivity contribution < 1.29 is 13.2 Å². The number of H-pyrrole nitrogens is 1. The van der Waals surface area contributed by atoms with Gasteiger partial charge in [0.2, 0.25) is 0 Å². The molecule has 0 radical (unpaired) electrons. The standard InChI is InChI=1S/C11H17N3O3S/c1-8(15)10-3-5-14(6-4-10)18(16,17)11-7-12-9(2)13-11/h7,10H,3-6H2,1-2H3,(H,12,13). The zero-order chi connectivity index (χ0) is 13.3. The molecule has 0 saturated carbocycles. The summed E-state index contributed by atoms with van der Waals surface area (Å²) < 4.78 is 25.9. The molecule has 0 unspecified atom stereocenters. The summed E-state index contributed by atoms with van der Waals surface area (Å²) in [5, 5.41) is 0.126. The maximum absolute atomic E-state index is 12.2. The van der Waals surface area contributed by atoms with Crippen LogP contribution in [0.2, 0.25) is 0 Å². The third kappa shape index (κ3) is 2.46. The van der Waals surface area contributed by atoms with Gasteiger partial charge in [0, 0.05) is 19.0 Å². The molecule has 100 valence electrons. The van der Waals surface area contributed by atoms with Crippen LogP contribution in [0.15, 0.2) is 11.2 Å². The van der Waals surface area contributed by atoms with E-state index in [0.717, 1.165) is 0 Å². The molecule has 0 atom stereocenters. The molecule has 0 amide bonds. The van der Waals surface area contributed by atoms with Gasteiger partial charge >= 0.3 is 0 Å². The normalized spacial score (nSPS) is 19.0. The SMILES string of the molecule is CC(=O)C1CCN(S(=O)(=O)c2cnc(C)[nH]2)CC1. The van der Waals surface area contributed by atoms with Gasteiger partial charge in [0.05, 0.1) is 6.20 Å². The number of aromatic nitrogens is 2. The minimum atomic E-state index is -3.49. The van der Waals surface area contributed by atoms with Crippen molar-refractivity contribution in [3.05, 3.63) is 12.0 Å². The molecule has 7 heteroatoms. The van der Waals surface area contributed by atoms with Gasteiger partial charge in [-0.05, 0) is 26.7 Å². The third-order valence-electron chi connectivity index (χ3n) is 3.33. The lowest BCUT2D eigenvalue weighted by Crippen LogP contribution is -2.40. The molecule has 0 spiro atoms. The lowest BCUT2D eigenvalue weighted by molar-refractivity contribution is -0.121. The van der Waals surface area contributed by atoms with E-state index in [1.54, 1.807) is 13.8 Å². The van der Waals surface area contributed by atoms with Crippen molar-refractivity contribution in [2.24, 2.45) is 5.92 Å². The zero-order valence-electron chi connectivity index (χ0n) is 10.5. The molecule has 1 aliphatic rings. The van der Waals surface area contributed by atoms with E-state index in [0.29, 0.717) is 31.8 Å². The summed E-state index contributed by atoms with van der Waals surface area (Å²) in [6, 6.07) is 0. The number of Topliss-reactive ketones (excluding diaryl/α,β-unsaturated/α-hetero) is 1. The summed E-state index contributed by atoms with van der Waals surface area (Å²) in [7, 11) is -3.49. The first-order valence-corrected chi connectivity index (χ1v) is 7.37. The summed E-state index contributed by atoms with van der Waals surface area (Å²) in [4.78, 5) is 17.9. The van der Waals surface area contributed by atoms with Crippen LogP contribution in [0.4, 0.5) is 0 Å². The summed E-state index contributed by atoms with van der Waals surface area (Å²) in [6.45, 7) is 4.06. The molecule has 1 aliphatic heterocycles. The monoisotopic (exact) mass is 271 g/mol. The second-order valence-electron chi connectivity index (χ2n) is 4.62. The van der Waals surface area contributed by atoms with Crippen molar-refractivity contribution in [2.75, 3.05) is 13.1 Å². The van der Waals surface area contributed by atoms with Crippen molar-refractivity contribution in [3.63, 3.8) is 0 Å². The zero-order valence-corrected chi connectivity index (χ0v) is 11.3. The van der Waals surface area contributed by atoms with E-state index in [-0.39, 0.29) is 16.7 Å². The molecule has 1 N–H and O–H groups in total. The Labute approximate surface area is 106 Å². The number of aryl methyl sites for hydroxylation is 1. The first kappa shape index (κ1) is 13.2. The highest BCUT2D eigenvalue weighted by molar-refractivity contribution is 7.89. The number of nitrogens with zero attached hydrogens (tertiary/aromatic N) is 2. The van der Waals surface area contributed by atoms with Gasteiger partial charge in [-0.25, -0.2) is 13.4 Å². The number of ketones is 1. The Morgan fingerprint density at radius 3 is 2.50 bits per heavy atom. The van der Waals surface area contributed by atoms with Crippen LogP contribution in [0.1, 0.15) is 25.6 Å². The minimum absolute atomic E-state index is 0.0000436. The largest absolute Gasteiger partial charge is 0.332 e. The fourth-order valence-electron chi connectivity index (χ4n) is 2.17. The summed E-state index contributed by atoms with van der Waals surface area (Å²) in [5.74, 6) is 0.719. The molecule has 0 aliphatic carbocycles. The lowest BCUT2D eigenvalue weighted by Gasteiger charge is -2.29. The number of sulfonamides is 1. The molecule has 6 nitrogen and oxygen atoms in total. The molecule has 0 aromatic carbocycles. The van der Waals surface area contributed by atoms with Crippen LogP contribution < -0.4 is 0 Å². The van der Waals surface area contributed by atoms with Crippen molar-refractivity contribution in [1.82, 2.24) is 14.3 Å². The van der Waals surface area contributed by atoms with Crippen LogP contribution in [0.25, 0.3) is 0 Å².